The van der Waals surface area contributed by atoms with E-state index in [4.69, 9.17) is 16.7 Å². The van der Waals surface area contributed by atoms with Crippen LogP contribution in [0.15, 0.2) is 30.5 Å². The fraction of sp³-hybridized carbons (Fsp3) is 0.167. The lowest BCUT2D eigenvalue weighted by Crippen LogP contribution is -2.08. The van der Waals surface area contributed by atoms with Gasteiger partial charge in [0, 0.05) is 11.2 Å². The minimum atomic E-state index is -0.877. The van der Waals surface area contributed by atoms with Crippen LogP contribution in [0.4, 0.5) is 0 Å². The van der Waals surface area contributed by atoms with Crippen LogP contribution in [-0.2, 0) is 11.2 Å². The Kier molecular flexibility index (Phi) is 3.15. The average molecular weight is 251 g/mol. The van der Waals surface area contributed by atoms with Crippen LogP contribution in [0.5, 0.6) is 0 Å². The van der Waals surface area contributed by atoms with Crippen molar-refractivity contribution in [3.8, 4) is 5.69 Å². The summed E-state index contributed by atoms with van der Waals surface area (Å²) in [6.07, 6.45) is 1.54. The van der Waals surface area contributed by atoms with Crippen LogP contribution in [0.25, 0.3) is 5.69 Å². The monoisotopic (exact) mass is 250 g/mol. The highest BCUT2D eigenvalue weighted by molar-refractivity contribution is 6.30. The lowest BCUT2D eigenvalue weighted by molar-refractivity contribution is -0.136. The summed E-state index contributed by atoms with van der Waals surface area (Å²) in [4.78, 5) is 10.7. The summed E-state index contributed by atoms with van der Waals surface area (Å²) < 4.78 is 1.62. The van der Waals surface area contributed by atoms with Gasteiger partial charge in [0.1, 0.15) is 0 Å². The highest BCUT2D eigenvalue weighted by Gasteiger charge is 2.10. The Labute approximate surface area is 103 Å². The lowest BCUT2D eigenvalue weighted by Gasteiger charge is -2.09. The molecule has 17 heavy (non-hydrogen) atoms. The van der Waals surface area contributed by atoms with Gasteiger partial charge in [0.05, 0.1) is 17.8 Å². The Morgan fingerprint density at radius 1 is 1.47 bits per heavy atom. The average Bonchev–Trinajstić information content (AvgIpc) is 2.65. The zero-order valence-electron chi connectivity index (χ0n) is 9.22. The zero-order valence-corrected chi connectivity index (χ0v) is 9.98. The molecular weight excluding hydrogens is 240 g/mol. The first-order valence-corrected chi connectivity index (χ1v) is 5.47. The van der Waals surface area contributed by atoms with E-state index in [1.54, 1.807) is 23.0 Å². The van der Waals surface area contributed by atoms with E-state index in [-0.39, 0.29) is 6.42 Å². The second-order valence-corrected chi connectivity index (χ2v) is 4.17. The van der Waals surface area contributed by atoms with Crippen LogP contribution >= 0.6 is 11.6 Å². The SMILES string of the molecule is Cc1cc(Cl)ccc1-n1nccc1CC(=O)O. The number of aliphatic carboxylic acids is 1. The van der Waals surface area contributed by atoms with E-state index in [1.807, 2.05) is 19.1 Å². The minimum absolute atomic E-state index is 0.0535. The topological polar surface area (TPSA) is 55.1 Å². The Balaban J connectivity index is 2.46. The highest BCUT2D eigenvalue weighted by atomic mass is 35.5. The molecule has 0 atom stereocenters. The third-order valence-electron chi connectivity index (χ3n) is 2.44. The predicted molar refractivity (Wildman–Crippen MR) is 64.7 cm³/mol. The maximum absolute atomic E-state index is 10.7. The fourth-order valence-electron chi connectivity index (χ4n) is 1.69. The Morgan fingerprint density at radius 2 is 2.24 bits per heavy atom. The molecule has 2 rings (SSSR count). The van der Waals surface area contributed by atoms with Crippen molar-refractivity contribution in [2.75, 3.05) is 0 Å². The fourth-order valence-corrected chi connectivity index (χ4v) is 1.92. The van der Waals surface area contributed by atoms with Crippen molar-refractivity contribution >= 4 is 17.6 Å². The molecule has 1 aromatic heterocycles. The molecule has 5 heteroatoms. The molecule has 0 spiro atoms. The van der Waals surface area contributed by atoms with Gasteiger partial charge in [0.2, 0.25) is 0 Å². The van der Waals surface area contributed by atoms with Crippen molar-refractivity contribution in [3.63, 3.8) is 0 Å². The quantitative estimate of drug-likeness (QED) is 0.910. The Hall–Kier alpha value is -1.81. The Bertz CT molecular complexity index is 563. The van der Waals surface area contributed by atoms with Crippen molar-refractivity contribution in [2.24, 2.45) is 0 Å². The Morgan fingerprint density at radius 3 is 2.88 bits per heavy atom. The number of aryl methyl sites for hydroxylation is 1. The summed E-state index contributed by atoms with van der Waals surface area (Å²) in [5, 5.41) is 13.6. The van der Waals surface area contributed by atoms with Gasteiger partial charge >= 0.3 is 5.97 Å². The number of nitrogens with zero attached hydrogens (tertiary/aromatic N) is 2. The number of carboxylic acid groups (broad SMARTS) is 1. The number of carbonyl (C=O) groups is 1. The van der Waals surface area contributed by atoms with Crippen molar-refractivity contribution < 1.29 is 9.90 Å². The first-order chi connectivity index (χ1) is 8.08. The number of hydrogen-bond donors (Lipinski definition) is 1. The van der Waals surface area contributed by atoms with Gasteiger partial charge in [-0.15, -0.1) is 0 Å². The van der Waals surface area contributed by atoms with Gasteiger partial charge in [0.15, 0.2) is 0 Å². The number of halogens is 1. The van der Waals surface area contributed by atoms with E-state index >= 15 is 0 Å². The molecule has 4 nitrogen and oxygen atoms in total. The third-order valence-corrected chi connectivity index (χ3v) is 2.68. The summed E-state index contributed by atoms with van der Waals surface area (Å²) in [5.41, 5.74) is 2.44. The zero-order chi connectivity index (χ0) is 12.4. The van der Waals surface area contributed by atoms with Gasteiger partial charge in [-0.05, 0) is 36.8 Å². The molecule has 0 aliphatic rings. The van der Waals surface area contributed by atoms with E-state index in [0.29, 0.717) is 10.7 Å². The first-order valence-electron chi connectivity index (χ1n) is 5.09. The summed E-state index contributed by atoms with van der Waals surface area (Å²) in [7, 11) is 0. The molecule has 0 saturated heterocycles. The van der Waals surface area contributed by atoms with E-state index < -0.39 is 5.97 Å². The summed E-state index contributed by atoms with van der Waals surface area (Å²) in [6.45, 7) is 1.91. The van der Waals surface area contributed by atoms with Crippen LogP contribution < -0.4 is 0 Å². The largest absolute Gasteiger partial charge is 0.481 e. The second-order valence-electron chi connectivity index (χ2n) is 3.74. The summed E-state index contributed by atoms with van der Waals surface area (Å²) >= 11 is 5.88. The standard InChI is InChI=1S/C12H11ClN2O2/c1-8-6-9(13)2-3-11(8)15-10(4-5-14-15)7-12(16)17/h2-6H,7H2,1H3,(H,16,17). The molecule has 1 N–H and O–H groups in total. The second kappa shape index (κ2) is 4.59. The normalized spacial score (nSPS) is 10.5. The maximum atomic E-state index is 10.7. The number of hydrogen-bond acceptors (Lipinski definition) is 2. The maximum Gasteiger partial charge on any atom is 0.309 e. The van der Waals surface area contributed by atoms with Gasteiger partial charge < -0.3 is 5.11 Å². The van der Waals surface area contributed by atoms with Crippen molar-refractivity contribution in [3.05, 3.63) is 46.7 Å². The lowest BCUT2D eigenvalue weighted by atomic mass is 10.2. The van der Waals surface area contributed by atoms with Crippen LogP contribution in [0.3, 0.4) is 0 Å². The molecule has 88 valence electrons. The molecule has 2 aromatic rings. The van der Waals surface area contributed by atoms with Gasteiger partial charge in [-0.2, -0.15) is 5.10 Å². The van der Waals surface area contributed by atoms with E-state index in [2.05, 4.69) is 5.10 Å². The van der Waals surface area contributed by atoms with Crippen LogP contribution in [0, 0.1) is 6.92 Å². The number of rotatable bonds is 3. The molecule has 0 bridgehead atoms. The number of aromatic nitrogens is 2. The van der Waals surface area contributed by atoms with E-state index in [9.17, 15) is 4.79 Å². The molecule has 0 fully saturated rings. The molecule has 0 aliphatic heterocycles. The van der Waals surface area contributed by atoms with Gasteiger partial charge in [-0.25, -0.2) is 4.68 Å². The van der Waals surface area contributed by atoms with Crippen molar-refractivity contribution in [2.45, 2.75) is 13.3 Å². The van der Waals surface area contributed by atoms with Crippen LogP contribution in [-0.4, -0.2) is 20.9 Å². The van der Waals surface area contributed by atoms with Gasteiger partial charge in [-0.3, -0.25) is 4.79 Å². The molecule has 1 aromatic carbocycles. The van der Waals surface area contributed by atoms with Crippen LogP contribution in [0.1, 0.15) is 11.3 Å². The van der Waals surface area contributed by atoms with Crippen molar-refractivity contribution in [1.82, 2.24) is 9.78 Å². The van der Waals surface area contributed by atoms with E-state index in [0.717, 1.165) is 11.3 Å². The predicted octanol–water partition coefficient (Wildman–Crippen LogP) is 2.46. The molecule has 0 radical (unpaired) electrons. The van der Waals surface area contributed by atoms with Crippen molar-refractivity contribution in [1.29, 1.82) is 0 Å². The molecular formula is C12H11ClN2O2. The van der Waals surface area contributed by atoms with Gasteiger partial charge in [-0.1, -0.05) is 11.6 Å². The molecule has 0 saturated carbocycles. The number of benzene rings is 1. The molecule has 0 amide bonds. The smallest absolute Gasteiger partial charge is 0.309 e. The summed E-state index contributed by atoms with van der Waals surface area (Å²) in [6, 6.07) is 7.11. The molecule has 0 aliphatic carbocycles. The molecule has 1 heterocycles. The third kappa shape index (κ3) is 2.47. The highest BCUT2D eigenvalue weighted by Crippen LogP contribution is 2.19. The number of carboxylic acids is 1. The van der Waals surface area contributed by atoms with Gasteiger partial charge in [0.25, 0.3) is 0 Å². The van der Waals surface area contributed by atoms with E-state index in [1.165, 1.54) is 0 Å². The molecule has 0 unspecified atom stereocenters. The first kappa shape index (κ1) is 11.7. The summed E-state index contributed by atoms with van der Waals surface area (Å²) in [5.74, 6) is -0.877. The minimum Gasteiger partial charge on any atom is -0.481 e. The van der Waals surface area contributed by atoms with Crippen LogP contribution in [0.2, 0.25) is 5.02 Å².